The lowest BCUT2D eigenvalue weighted by molar-refractivity contribution is -0.146. The number of methoxy groups -OCH3 is 1. The van der Waals surface area contributed by atoms with Crippen LogP contribution >= 0.6 is 0 Å². The summed E-state index contributed by atoms with van der Waals surface area (Å²) in [7, 11) is 1.40. The number of hydrogen-bond acceptors (Lipinski definition) is 4. The van der Waals surface area contributed by atoms with Gasteiger partial charge in [0.15, 0.2) is 0 Å². The topological polar surface area (TPSA) is 55.6 Å². The molecule has 4 nitrogen and oxygen atoms in total. The van der Waals surface area contributed by atoms with Gasteiger partial charge >= 0.3 is 5.97 Å². The van der Waals surface area contributed by atoms with Crippen LogP contribution in [0.5, 0.6) is 0 Å². The molecule has 124 valence electrons. The molecule has 0 amide bonds. The molecule has 2 N–H and O–H groups in total. The summed E-state index contributed by atoms with van der Waals surface area (Å²) in [5, 5.41) is 0. The van der Waals surface area contributed by atoms with Gasteiger partial charge in [0, 0.05) is 0 Å². The van der Waals surface area contributed by atoms with E-state index in [9.17, 15) is 4.79 Å². The van der Waals surface area contributed by atoms with E-state index in [1.54, 1.807) is 6.92 Å². The van der Waals surface area contributed by atoms with Gasteiger partial charge in [-0.3, -0.25) is 4.79 Å². The van der Waals surface area contributed by atoms with Gasteiger partial charge in [0.05, 0.1) is 7.11 Å². The van der Waals surface area contributed by atoms with Crippen molar-refractivity contribution in [2.75, 3.05) is 26.7 Å². The maximum Gasteiger partial charge on any atom is 0.325 e. The highest BCUT2D eigenvalue weighted by Crippen LogP contribution is 2.24. The fourth-order valence-corrected chi connectivity index (χ4v) is 3.23. The molecule has 0 aromatic rings. The van der Waals surface area contributed by atoms with Crippen molar-refractivity contribution in [3.8, 4) is 0 Å². The normalized spacial score (nSPS) is 23.6. The molecule has 1 saturated heterocycles. The molecule has 2 atom stereocenters. The van der Waals surface area contributed by atoms with Gasteiger partial charge in [-0.25, -0.2) is 0 Å². The molecule has 0 spiro atoms. The Morgan fingerprint density at radius 2 is 2.05 bits per heavy atom. The Labute approximate surface area is 130 Å². The zero-order chi connectivity index (χ0) is 15.9. The summed E-state index contributed by atoms with van der Waals surface area (Å²) in [6.45, 7) is 10.0. The van der Waals surface area contributed by atoms with Gasteiger partial charge in [-0.2, -0.15) is 0 Å². The Hall–Kier alpha value is -0.610. The van der Waals surface area contributed by atoms with E-state index < -0.39 is 5.54 Å². The second-order valence-electron chi connectivity index (χ2n) is 7.14. The molecule has 0 bridgehead atoms. The molecule has 2 unspecified atom stereocenters. The molecule has 0 radical (unpaired) electrons. The van der Waals surface area contributed by atoms with E-state index in [1.807, 2.05) is 0 Å². The first kappa shape index (κ1) is 18.4. The first-order valence-electron chi connectivity index (χ1n) is 8.46. The van der Waals surface area contributed by atoms with Crippen molar-refractivity contribution in [2.24, 2.45) is 17.6 Å². The Kier molecular flexibility index (Phi) is 7.67. The fourth-order valence-electron chi connectivity index (χ4n) is 3.23. The number of carbonyl (C=O) groups is 1. The predicted molar refractivity (Wildman–Crippen MR) is 87.1 cm³/mol. The molecular weight excluding hydrogens is 264 g/mol. The van der Waals surface area contributed by atoms with E-state index in [2.05, 4.69) is 18.7 Å². The third-order valence-electron chi connectivity index (χ3n) is 4.88. The van der Waals surface area contributed by atoms with Crippen LogP contribution in [0.25, 0.3) is 0 Å². The maximum absolute atomic E-state index is 11.5. The molecule has 0 aromatic carbocycles. The summed E-state index contributed by atoms with van der Waals surface area (Å²) in [5.74, 6) is 1.39. The third kappa shape index (κ3) is 6.35. The number of hydrogen-bond donors (Lipinski definition) is 1. The minimum atomic E-state index is -0.837. The predicted octanol–water partition coefficient (Wildman–Crippen LogP) is 2.81. The second-order valence-corrected chi connectivity index (χ2v) is 7.14. The Bertz CT molecular complexity index is 316. The van der Waals surface area contributed by atoms with Crippen molar-refractivity contribution < 1.29 is 9.53 Å². The number of rotatable bonds is 7. The third-order valence-corrected chi connectivity index (χ3v) is 4.88. The van der Waals surface area contributed by atoms with E-state index in [0.717, 1.165) is 31.2 Å². The second kappa shape index (κ2) is 8.74. The van der Waals surface area contributed by atoms with Crippen LogP contribution < -0.4 is 5.73 Å². The lowest BCUT2D eigenvalue weighted by Crippen LogP contribution is -2.45. The summed E-state index contributed by atoms with van der Waals surface area (Å²) in [6, 6.07) is 0. The van der Waals surface area contributed by atoms with Crippen molar-refractivity contribution in [3.63, 3.8) is 0 Å². The van der Waals surface area contributed by atoms with Gasteiger partial charge in [0.1, 0.15) is 5.54 Å². The first-order chi connectivity index (χ1) is 9.86. The maximum atomic E-state index is 11.5. The molecule has 1 heterocycles. The number of carbonyl (C=O) groups excluding carboxylic acids is 1. The van der Waals surface area contributed by atoms with Gasteiger partial charge in [-0.1, -0.05) is 13.8 Å². The van der Waals surface area contributed by atoms with Crippen LogP contribution in [0.3, 0.4) is 0 Å². The van der Waals surface area contributed by atoms with Crippen LogP contribution in [0, 0.1) is 11.8 Å². The largest absolute Gasteiger partial charge is 0.468 e. The first-order valence-corrected chi connectivity index (χ1v) is 8.46. The number of ether oxygens (including phenoxy) is 1. The summed E-state index contributed by atoms with van der Waals surface area (Å²) < 4.78 is 4.74. The van der Waals surface area contributed by atoms with E-state index >= 15 is 0 Å². The lowest BCUT2D eigenvalue weighted by atomic mass is 9.89. The van der Waals surface area contributed by atoms with Crippen LogP contribution in [0.4, 0.5) is 0 Å². The molecule has 0 saturated carbocycles. The van der Waals surface area contributed by atoms with E-state index in [4.69, 9.17) is 10.5 Å². The number of esters is 1. The minimum absolute atomic E-state index is 0.308. The summed E-state index contributed by atoms with van der Waals surface area (Å²) >= 11 is 0. The van der Waals surface area contributed by atoms with E-state index in [1.165, 1.54) is 39.5 Å². The van der Waals surface area contributed by atoms with Crippen molar-refractivity contribution in [2.45, 2.75) is 64.8 Å². The summed E-state index contributed by atoms with van der Waals surface area (Å²) in [5.41, 5.74) is 5.14. The van der Waals surface area contributed by atoms with Crippen LogP contribution in [0.2, 0.25) is 0 Å². The Balaban J connectivity index is 2.22. The average Bonchev–Trinajstić information content (AvgIpc) is 2.68. The van der Waals surface area contributed by atoms with Gasteiger partial charge in [-0.05, 0) is 76.9 Å². The average molecular weight is 298 g/mol. The highest BCUT2D eigenvalue weighted by Gasteiger charge is 2.28. The zero-order valence-electron chi connectivity index (χ0n) is 14.4. The summed E-state index contributed by atoms with van der Waals surface area (Å²) in [4.78, 5) is 14.1. The van der Waals surface area contributed by atoms with Crippen LogP contribution in [0.15, 0.2) is 0 Å². The molecule has 1 fully saturated rings. The van der Waals surface area contributed by atoms with E-state index in [-0.39, 0.29) is 5.97 Å². The Morgan fingerprint density at radius 3 is 2.67 bits per heavy atom. The van der Waals surface area contributed by atoms with Crippen molar-refractivity contribution in [3.05, 3.63) is 0 Å². The van der Waals surface area contributed by atoms with Crippen LogP contribution in [0.1, 0.15) is 59.3 Å². The molecule has 4 heteroatoms. The van der Waals surface area contributed by atoms with Gasteiger partial charge in [0.25, 0.3) is 0 Å². The highest BCUT2D eigenvalue weighted by molar-refractivity contribution is 5.79. The van der Waals surface area contributed by atoms with Gasteiger partial charge in [-0.15, -0.1) is 0 Å². The zero-order valence-corrected chi connectivity index (χ0v) is 14.4. The minimum Gasteiger partial charge on any atom is -0.468 e. The fraction of sp³-hybridized carbons (Fsp3) is 0.941. The molecule has 21 heavy (non-hydrogen) atoms. The smallest absolute Gasteiger partial charge is 0.325 e. The van der Waals surface area contributed by atoms with Crippen molar-refractivity contribution in [1.82, 2.24) is 4.90 Å². The molecule has 0 aliphatic carbocycles. The van der Waals surface area contributed by atoms with Crippen molar-refractivity contribution >= 4 is 5.97 Å². The van der Waals surface area contributed by atoms with Crippen molar-refractivity contribution in [1.29, 1.82) is 0 Å². The molecular formula is C17H34N2O2. The Morgan fingerprint density at radius 1 is 1.33 bits per heavy atom. The highest BCUT2D eigenvalue weighted by atomic mass is 16.5. The standard InChI is InChI=1S/C17H34N2O2/c1-14(2)15-8-7-12-19(13-9-15)11-6-5-10-17(3,18)16(20)21-4/h14-15H,5-13,18H2,1-4H3. The SMILES string of the molecule is COC(=O)C(C)(N)CCCCN1CCCC(C(C)C)CC1. The quantitative estimate of drug-likeness (QED) is 0.580. The van der Waals surface area contributed by atoms with Gasteiger partial charge in [0.2, 0.25) is 0 Å². The monoisotopic (exact) mass is 298 g/mol. The lowest BCUT2D eigenvalue weighted by Gasteiger charge is -2.23. The number of nitrogens with two attached hydrogens (primary N) is 1. The molecule has 0 aromatic heterocycles. The van der Waals surface area contributed by atoms with E-state index in [0.29, 0.717) is 6.42 Å². The number of nitrogens with zero attached hydrogens (tertiary/aromatic N) is 1. The molecule has 1 rings (SSSR count). The number of unbranched alkanes of at least 4 members (excludes halogenated alkanes) is 1. The van der Waals surface area contributed by atoms with Crippen LogP contribution in [-0.4, -0.2) is 43.2 Å². The summed E-state index contributed by atoms with van der Waals surface area (Å²) in [6.07, 6.45) is 6.80. The van der Waals surface area contributed by atoms with Crippen LogP contribution in [-0.2, 0) is 9.53 Å². The molecule has 1 aliphatic heterocycles. The number of likely N-dealkylation sites (tertiary alicyclic amines) is 1. The van der Waals surface area contributed by atoms with Gasteiger partial charge < -0.3 is 15.4 Å². The molecule has 1 aliphatic rings.